The molecule has 0 aliphatic heterocycles. The molecule has 0 radical (unpaired) electrons. The molecular weight excluding hydrogens is 573 g/mol. The van der Waals surface area contributed by atoms with Gasteiger partial charge in [0.15, 0.2) is 0 Å². The van der Waals surface area contributed by atoms with Crippen molar-refractivity contribution in [3.8, 4) is 0 Å². The molecule has 0 bridgehead atoms. The summed E-state index contributed by atoms with van der Waals surface area (Å²) in [5.41, 5.74) is 4.56. The fraction of sp³-hybridized carbons (Fsp3) is 0.222. The van der Waals surface area contributed by atoms with Crippen molar-refractivity contribution in [2.24, 2.45) is 0 Å². The monoisotopic (exact) mass is 588 g/mol. The van der Waals surface area contributed by atoms with Gasteiger partial charge in [0.05, 0.1) is 0 Å². The SMILES string of the molecule is Cc1cc(CNC=O)ccc1Br.O=P(Cl)(Cl)Cl.[C-]#[N+]Cc1ccc(Br)c(C)c1. The Hall–Kier alpha value is -0.540. The normalized spacial score (nSPS) is 9.79. The Morgan fingerprint density at radius 1 is 1.04 bits per heavy atom. The van der Waals surface area contributed by atoms with E-state index in [-0.39, 0.29) is 0 Å². The second-order valence-corrected chi connectivity index (χ2v) is 13.7. The van der Waals surface area contributed by atoms with Crippen molar-refractivity contribution in [2.75, 3.05) is 0 Å². The summed E-state index contributed by atoms with van der Waals surface area (Å²) in [5, 5.41) is -0.607. The van der Waals surface area contributed by atoms with Crippen molar-refractivity contribution in [1.82, 2.24) is 5.32 Å². The van der Waals surface area contributed by atoms with E-state index in [4.69, 9.17) is 6.57 Å². The van der Waals surface area contributed by atoms with Crippen LogP contribution in [0.2, 0.25) is 0 Å². The van der Waals surface area contributed by atoms with Gasteiger partial charge in [-0.3, -0.25) is 9.36 Å². The van der Waals surface area contributed by atoms with Crippen molar-refractivity contribution in [1.29, 1.82) is 0 Å². The van der Waals surface area contributed by atoms with Gasteiger partial charge in [0, 0.05) is 21.1 Å². The van der Waals surface area contributed by atoms with Crippen LogP contribution in [0.5, 0.6) is 0 Å². The quantitative estimate of drug-likeness (QED) is 0.223. The van der Waals surface area contributed by atoms with E-state index in [2.05, 4.69) is 75.7 Å². The second kappa shape index (κ2) is 14.4. The highest BCUT2D eigenvalue weighted by atomic mass is 79.9. The Labute approximate surface area is 196 Å². The molecule has 0 aromatic heterocycles. The van der Waals surface area contributed by atoms with Crippen molar-refractivity contribution < 1.29 is 9.36 Å². The second-order valence-electron chi connectivity index (χ2n) is 5.38. The highest BCUT2D eigenvalue weighted by molar-refractivity contribution is 9.10. The number of hydrogen-bond acceptors (Lipinski definition) is 2. The molecule has 0 atom stereocenters. The Kier molecular flexibility index (Phi) is 14.2. The first-order valence-electron chi connectivity index (χ1n) is 7.67. The van der Waals surface area contributed by atoms with E-state index in [1.165, 1.54) is 11.1 Å². The minimum atomic E-state index is -3.22. The van der Waals surface area contributed by atoms with Crippen LogP contribution in [0.4, 0.5) is 0 Å². The van der Waals surface area contributed by atoms with Gasteiger partial charge in [-0.2, -0.15) is 0 Å². The van der Waals surface area contributed by atoms with E-state index in [1.807, 2.05) is 50.2 Å². The summed E-state index contributed by atoms with van der Waals surface area (Å²) < 4.78 is 11.7. The van der Waals surface area contributed by atoms with Gasteiger partial charge in [-0.05, 0) is 82.5 Å². The first-order valence-corrected chi connectivity index (χ1v) is 13.7. The van der Waals surface area contributed by atoms with Crippen LogP contribution >= 0.6 is 70.8 Å². The van der Waals surface area contributed by atoms with Crippen LogP contribution in [0.25, 0.3) is 4.85 Å². The maximum absolute atomic E-state index is 10.0. The summed E-state index contributed by atoms with van der Waals surface area (Å²) in [6.45, 7) is 11.8. The van der Waals surface area contributed by atoms with Gasteiger partial charge >= 0.3 is 5.20 Å². The zero-order chi connectivity index (χ0) is 21.7. The largest absolute Gasteiger partial charge is 0.355 e. The molecule has 152 valence electrons. The van der Waals surface area contributed by atoms with Crippen molar-refractivity contribution >= 4 is 77.2 Å². The van der Waals surface area contributed by atoms with Gasteiger partial charge < -0.3 is 10.2 Å². The van der Waals surface area contributed by atoms with Crippen LogP contribution in [0, 0.1) is 20.4 Å². The number of nitrogens with one attached hydrogen (secondary N) is 1. The number of benzene rings is 2. The lowest BCUT2D eigenvalue weighted by atomic mass is 10.1. The molecule has 0 saturated carbocycles. The standard InChI is InChI=1S/C9H10BrNO.C9H8BrN.Cl3OP/c1-7-4-8(5-11-6-12)2-3-9(7)10;1-7-5-8(6-11-2)3-4-9(7)10;1-5(2,3)4/h2-4,6H,5H2,1H3,(H,11,12);3-5H,6H2,1H3;. The third kappa shape index (κ3) is 14.5. The zero-order valence-electron chi connectivity index (χ0n) is 15.1. The number of rotatable bonds is 4. The van der Waals surface area contributed by atoms with Crippen molar-refractivity contribution in [2.45, 2.75) is 26.9 Å². The first kappa shape index (κ1) is 27.5. The summed E-state index contributed by atoms with van der Waals surface area (Å²) in [5.74, 6) is 0. The van der Waals surface area contributed by atoms with E-state index in [9.17, 15) is 9.36 Å². The fourth-order valence-electron chi connectivity index (χ4n) is 1.87. The molecule has 0 saturated heterocycles. The highest BCUT2D eigenvalue weighted by Gasteiger charge is 2.03. The Morgan fingerprint density at radius 3 is 1.86 bits per heavy atom. The van der Waals surface area contributed by atoms with Crippen molar-refractivity contribution in [3.63, 3.8) is 0 Å². The predicted molar refractivity (Wildman–Crippen MR) is 126 cm³/mol. The lowest BCUT2D eigenvalue weighted by Gasteiger charge is -2.02. The lowest BCUT2D eigenvalue weighted by molar-refractivity contribution is -0.109. The molecular formula is C18H18Br2Cl3N2O2P. The molecule has 0 aliphatic rings. The maximum atomic E-state index is 10.0. The summed E-state index contributed by atoms with van der Waals surface area (Å²) in [4.78, 5) is 13.3. The molecule has 2 aromatic rings. The van der Waals surface area contributed by atoms with Crippen molar-refractivity contribution in [3.05, 3.63) is 79.0 Å². The molecule has 4 nitrogen and oxygen atoms in total. The first-order chi connectivity index (χ1) is 13.0. The number of carbonyl (C=O) groups excluding carboxylic acids is 1. The summed E-state index contributed by atoms with van der Waals surface area (Å²) in [6, 6.07) is 12.0. The van der Waals surface area contributed by atoms with Crippen LogP contribution in [-0.2, 0) is 22.4 Å². The lowest BCUT2D eigenvalue weighted by Crippen LogP contribution is -2.09. The highest BCUT2D eigenvalue weighted by Crippen LogP contribution is 2.61. The molecule has 28 heavy (non-hydrogen) atoms. The molecule has 1 N–H and O–H groups in total. The van der Waals surface area contributed by atoms with Gasteiger partial charge in [-0.15, -0.1) is 0 Å². The van der Waals surface area contributed by atoms with Gasteiger partial charge in [0.1, 0.15) is 0 Å². The molecule has 10 heteroatoms. The minimum absolute atomic E-state index is 0.480. The van der Waals surface area contributed by atoms with Gasteiger partial charge in [0.2, 0.25) is 13.0 Å². The Balaban J connectivity index is 0.000000424. The molecule has 0 aliphatic carbocycles. The molecule has 2 aromatic carbocycles. The Morgan fingerprint density at radius 2 is 1.46 bits per heavy atom. The topological polar surface area (TPSA) is 50.5 Å². The van der Waals surface area contributed by atoms with Gasteiger partial charge in [0.25, 0.3) is 0 Å². The summed E-state index contributed by atoms with van der Waals surface area (Å²) in [7, 11) is 0. The fourth-order valence-corrected chi connectivity index (χ4v) is 2.37. The number of carbonyl (C=O) groups is 1. The average Bonchev–Trinajstić information content (AvgIpc) is 2.59. The van der Waals surface area contributed by atoms with E-state index in [0.717, 1.165) is 20.1 Å². The number of aryl methyl sites for hydroxylation is 2. The maximum Gasteiger partial charge on any atom is 0.339 e. The zero-order valence-corrected chi connectivity index (χ0v) is 21.4. The van der Waals surface area contributed by atoms with E-state index < -0.39 is 5.20 Å². The van der Waals surface area contributed by atoms with Gasteiger partial charge in [-0.25, -0.2) is 6.57 Å². The van der Waals surface area contributed by atoms with E-state index in [0.29, 0.717) is 19.5 Å². The molecule has 0 fully saturated rings. The average molecular weight is 591 g/mol. The molecule has 2 rings (SSSR count). The van der Waals surface area contributed by atoms with E-state index >= 15 is 0 Å². The van der Waals surface area contributed by atoms with Crippen LogP contribution in [-0.4, -0.2) is 6.41 Å². The number of nitrogens with zero attached hydrogens (tertiary/aromatic N) is 1. The predicted octanol–water partition coefficient (Wildman–Crippen LogP) is 7.99. The number of amides is 1. The summed E-state index contributed by atoms with van der Waals surface area (Å²) >= 11 is 20.7. The third-order valence-electron chi connectivity index (χ3n) is 3.10. The smallest absolute Gasteiger partial charge is 0.339 e. The van der Waals surface area contributed by atoms with Crippen LogP contribution < -0.4 is 5.32 Å². The molecule has 0 heterocycles. The van der Waals surface area contributed by atoms with Gasteiger partial charge in [-0.1, -0.05) is 50.1 Å². The molecule has 0 spiro atoms. The van der Waals surface area contributed by atoms with Crippen LogP contribution in [0.15, 0.2) is 45.3 Å². The number of hydrogen-bond donors (Lipinski definition) is 1. The van der Waals surface area contributed by atoms with Crippen LogP contribution in [0.3, 0.4) is 0 Å². The minimum Gasteiger partial charge on any atom is -0.355 e. The molecule has 0 unspecified atom stereocenters. The third-order valence-corrected chi connectivity index (χ3v) is 4.88. The Bertz CT molecular complexity index is 862. The van der Waals surface area contributed by atoms with E-state index in [1.54, 1.807) is 0 Å². The molecule has 1 amide bonds. The number of halogens is 5. The van der Waals surface area contributed by atoms with Crippen LogP contribution in [0.1, 0.15) is 22.3 Å². The summed E-state index contributed by atoms with van der Waals surface area (Å²) in [6.07, 6.45) is 0.706.